The number of para-hydroxylation sites is 1. The molecule has 0 fully saturated rings. The molecule has 1 aromatic carbocycles. The standard InChI is InChI=1S/C17H26N2O/c1-4-16-15(13-18-11-7-8-12-19(2)3)14-9-5-6-10-17(14)20-16/h5-6,9-10,18H,4,7-8,11-13H2,1-3H3. The number of hydrogen-bond acceptors (Lipinski definition) is 3. The van der Waals surface area contributed by atoms with Gasteiger partial charge in [-0.3, -0.25) is 0 Å². The Morgan fingerprint density at radius 3 is 2.70 bits per heavy atom. The zero-order valence-corrected chi connectivity index (χ0v) is 12.9. The van der Waals surface area contributed by atoms with E-state index in [-0.39, 0.29) is 0 Å². The molecule has 0 aliphatic rings. The molecule has 3 heteroatoms. The van der Waals surface area contributed by atoms with Crippen LogP contribution in [-0.4, -0.2) is 32.1 Å². The summed E-state index contributed by atoms with van der Waals surface area (Å²) < 4.78 is 5.91. The van der Waals surface area contributed by atoms with E-state index in [1.165, 1.54) is 23.8 Å². The summed E-state index contributed by atoms with van der Waals surface area (Å²) in [5, 5.41) is 4.80. The van der Waals surface area contributed by atoms with E-state index >= 15 is 0 Å². The number of furan rings is 1. The van der Waals surface area contributed by atoms with Gasteiger partial charge in [0.05, 0.1) is 0 Å². The van der Waals surface area contributed by atoms with Crippen LogP contribution in [0.2, 0.25) is 0 Å². The normalized spacial score (nSPS) is 11.6. The molecule has 0 atom stereocenters. The van der Waals surface area contributed by atoms with Gasteiger partial charge in [-0.15, -0.1) is 0 Å². The van der Waals surface area contributed by atoms with Crippen molar-refractivity contribution in [2.75, 3.05) is 27.2 Å². The number of hydrogen-bond donors (Lipinski definition) is 1. The highest BCUT2D eigenvalue weighted by atomic mass is 16.3. The van der Waals surface area contributed by atoms with E-state index in [0.29, 0.717) is 0 Å². The number of aryl methyl sites for hydroxylation is 1. The largest absolute Gasteiger partial charge is 0.461 e. The zero-order chi connectivity index (χ0) is 14.4. The molecule has 0 saturated carbocycles. The van der Waals surface area contributed by atoms with Crippen LogP contribution in [0.4, 0.5) is 0 Å². The molecule has 0 saturated heterocycles. The van der Waals surface area contributed by atoms with Gasteiger partial charge < -0.3 is 14.6 Å². The minimum absolute atomic E-state index is 0.905. The molecule has 0 amide bonds. The van der Waals surface area contributed by atoms with Crippen LogP contribution in [0.15, 0.2) is 28.7 Å². The third-order valence-electron chi connectivity index (χ3n) is 3.61. The maximum absolute atomic E-state index is 5.91. The van der Waals surface area contributed by atoms with Crippen molar-refractivity contribution in [2.45, 2.75) is 32.7 Å². The summed E-state index contributed by atoms with van der Waals surface area (Å²) in [5.41, 5.74) is 2.34. The molecule has 1 aromatic heterocycles. The summed E-state index contributed by atoms with van der Waals surface area (Å²) in [6, 6.07) is 8.32. The number of rotatable bonds is 8. The fourth-order valence-corrected chi connectivity index (χ4v) is 2.52. The second kappa shape index (κ2) is 7.46. The topological polar surface area (TPSA) is 28.4 Å². The maximum atomic E-state index is 5.91. The SMILES string of the molecule is CCc1oc2ccccc2c1CNCCCCN(C)C. The van der Waals surface area contributed by atoms with Gasteiger partial charge in [-0.2, -0.15) is 0 Å². The predicted molar refractivity (Wildman–Crippen MR) is 85.1 cm³/mol. The summed E-state index contributed by atoms with van der Waals surface area (Å²) in [5.74, 6) is 1.12. The summed E-state index contributed by atoms with van der Waals surface area (Å²) in [4.78, 5) is 2.23. The Balaban J connectivity index is 1.89. The van der Waals surface area contributed by atoms with Gasteiger partial charge in [0.2, 0.25) is 0 Å². The molecule has 0 aliphatic heterocycles. The minimum Gasteiger partial charge on any atom is -0.461 e. The zero-order valence-electron chi connectivity index (χ0n) is 12.9. The molecule has 1 N–H and O–H groups in total. The number of nitrogens with one attached hydrogen (secondary N) is 1. The lowest BCUT2D eigenvalue weighted by Crippen LogP contribution is -2.18. The van der Waals surface area contributed by atoms with Gasteiger partial charge in [0.15, 0.2) is 0 Å². The lowest BCUT2D eigenvalue weighted by molar-refractivity contribution is 0.391. The first-order valence-corrected chi connectivity index (χ1v) is 7.57. The minimum atomic E-state index is 0.905. The van der Waals surface area contributed by atoms with Gasteiger partial charge in [0.25, 0.3) is 0 Å². The Morgan fingerprint density at radius 2 is 1.95 bits per heavy atom. The van der Waals surface area contributed by atoms with Crippen molar-refractivity contribution in [3.8, 4) is 0 Å². The summed E-state index contributed by atoms with van der Waals surface area (Å²) in [6.07, 6.45) is 3.41. The molecule has 0 unspecified atom stereocenters. The van der Waals surface area contributed by atoms with Crippen LogP contribution in [0.25, 0.3) is 11.0 Å². The van der Waals surface area contributed by atoms with Gasteiger partial charge >= 0.3 is 0 Å². The molecule has 0 aliphatic carbocycles. The smallest absolute Gasteiger partial charge is 0.134 e. The quantitative estimate of drug-likeness (QED) is 0.748. The first-order valence-electron chi connectivity index (χ1n) is 7.57. The van der Waals surface area contributed by atoms with Gasteiger partial charge in [-0.25, -0.2) is 0 Å². The molecule has 20 heavy (non-hydrogen) atoms. The Kier molecular flexibility index (Phi) is 5.62. The molecule has 1 heterocycles. The molecule has 2 rings (SSSR count). The molecular formula is C17H26N2O. The second-order valence-electron chi connectivity index (χ2n) is 5.54. The average Bonchev–Trinajstić information content (AvgIpc) is 2.80. The number of nitrogens with zero attached hydrogens (tertiary/aromatic N) is 1. The summed E-state index contributed by atoms with van der Waals surface area (Å²) in [7, 11) is 4.25. The van der Waals surface area contributed by atoms with E-state index in [9.17, 15) is 0 Å². The maximum Gasteiger partial charge on any atom is 0.134 e. The lowest BCUT2D eigenvalue weighted by atomic mass is 10.1. The van der Waals surface area contributed by atoms with E-state index in [4.69, 9.17) is 4.42 Å². The Labute approximate surface area is 122 Å². The molecular weight excluding hydrogens is 248 g/mol. The molecule has 0 bridgehead atoms. The van der Waals surface area contributed by atoms with Crippen LogP contribution in [0.1, 0.15) is 31.1 Å². The Bertz CT molecular complexity index is 531. The third kappa shape index (κ3) is 3.84. The monoisotopic (exact) mass is 274 g/mol. The van der Waals surface area contributed by atoms with Crippen molar-refractivity contribution in [1.29, 1.82) is 0 Å². The Morgan fingerprint density at radius 1 is 1.15 bits per heavy atom. The van der Waals surface area contributed by atoms with Gasteiger partial charge in [0.1, 0.15) is 11.3 Å². The van der Waals surface area contributed by atoms with Crippen LogP contribution < -0.4 is 5.32 Å². The molecule has 2 aromatic rings. The van der Waals surface area contributed by atoms with Crippen molar-refractivity contribution in [3.05, 3.63) is 35.6 Å². The van der Waals surface area contributed by atoms with Crippen molar-refractivity contribution < 1.29 is 4.42 Å². The second-order valence-corrected chi connectivity index (χ2v) is 5.54. The van der Waals surface area contributed by atoms with E-state index in [1.807, 2.05) is 6.07 Å². The predicted octanol–water partition coefficient (Wildman–Crippen LogP) is 3.43. The highest BCUT2D eigenvalue weighted by molar-refractivity contribution is 5.82. The first kappa shape index (κ1) is 15.1. The molecule has 3 nitrogen and oxygen atoms in total. The molecule has 0 spiro atoms. The van der Waals surface area contributed by atoms with Gasteiger partial charge in [-0.05, 0) is 46.1 Å². The van der Waals surface area contributed by atoms with E-state index < -0.39 is 0 Å². The van der Waals surface area contributed by atoms with Crippen molar-refractivity contribution in [3.63, 3.8) is 0 Å². The van der Waals surface area contributed by atoms with Gasteiger partial charge in [-0.1, -0.05) is 25.1 Å². The summed E-state index contributed by atoms with van der Waals surface area (Å²) in [6.45, 7) is 5.29. The fourth-order valence-electron chi connectivity index (χ4n) is 2.52. The molecule has 110 valence electrons. The van der Waals surface area contributed by atoms with Crippen molar-refractivity contribution in [2.24, 2.45) is 0 Å². The Hall–Kier alpha value is -1.32. The van der Waals surface area contributed by atoms with Crippen LogP contribution in [0.5, 0.6) is 0 Å². The number of fused-ring (bicyclic) bond motifs is 1. The number of benzene rings is 1. The van der Waals surface area contributed by atoms with E-state index in [1.54, 1.807) is 0 Å². The van der Waals surface area contributed by atoms with E-state index in [0.717, 1.165) is 37.4 Å². The fraction of sp³-hybridized carbons (Fsp3) is 0.529. The van der Waals surface area contributed by atoms with Crippen LogP contribution in [0.3, 0.4) is 0 Å². The van der Waals surface area contributed by atoms with Crippen LogP contribution in [0, 0.1) is 0 Å². The van der Waals surface area contributed by atoms with Crippen LogP contribution in [-0.2, 0) is 13.0 Å². The van der Waals surface area contributed by atoms with Crippen molar-refractivity contribution in [1.82, 2.24) is 10.2 Å². The lowest BCUT2D eigenvalue weighted by Gasteiger charge is -2.09. The van der Waals surface area contributed by atoms with Crippen molar-refractivity contribution >= 4 is 11.0 Å². The summed E-state index contributed by atoms with van der Waals surface area (Å²) >= 11 is 0. The van der Waals surface area contributed by atoms with Gasteiger partial charge in [0, 0.05) is 23.9 Å². The highest BCUT2D eigenvalue weighted by Gasteiger charge is 2.11. The highest BCUT2D eigenvalue weighted by Crippen LogP contribution is 2.26. The average molecular weight is 274 g/mol. The first-order chi connectivity index (χ1) is 9.72. The van der Waals surface area contributed by atoms with E-state index in [2.05, 4.69) is 49.4 Å². The third-order valence-corrected chi connectivity index (χ3v) is 3.61. The van der Waals surface area contributed by atoms with Crippen LogP contribution >= 0.6 is 0 Å². The molecule has 0 radical (unpaired) electrons. The number of unbranched alkanes of at least 4 members (excludes halogenated alkanes) is 1.